The van der Waals surface area contributed by atoms with Gasteiger partial charge in [0.05, 0.1) is 40.1 Å². The fourth-order valence-corrected chi connectivity index (χ4v) is 7.20. The maximum absolute atomic E-state index is 14.1. The molecule has 0 bridgehead atoms. The molecule has 0 saturated heterocycles. The minimum absolute atomic E-state index is 0.00878. The van der Waals surface area contributed by atoms with E-state index in [0.717, 1.165) is 54.4 Å². The Labute approximate surface area is 321 Å². The van der Waals surface area contributed by atoms with Crippen LogP contribution in [0.1, 0.15) is 54.9 Å². The number of nitrogens with zero attached hydrogens (tertiary/aromatic N) is 1. The van der Waals surface area contributed by atoms with E-state index >= 15 is 0 Å². The Morgan fingerprint density at radius 1 is 0.942 bits per heavy atom. The second-order valence-electron chi connectivity index (χ2n) is 13.6. The highest BCUT2D eigenvalue weighted by Crippen LogP contribution is 2.42. The predicted molar refractivity (Wildman–Crippen MR) is 204 cm³/mol. The first-order chi connectivity index (χ1) is 25.1. The number of carbonyl (C=O) groups is 2. The Hall–Kier alpha value is -3.21. The second-order valence-corrected chi connectivity index (χ2v) is 14.8. The molecule has 2 N–H and O–H groups in total. The number of carbonyl (C=O) groups excluding carboxylic acids is 2. The summed E-state index contributed by atoms with van der Waals surface area (Å²) in [4.78, 5) is 28.2. The van der Waals surface area contributed by atoms with Gasteiger partial charge < -0.3 is 34.3 Å². The highest BCUT2D eigenvalue weighted by atomic mass is 35.5. The maximum atomic E-state index is 14.1. The molecule has 9 nitrogen and oxygen atoms in total. The van der Waals surface area contributed by atoms with Crippen LogP contribution in [0.4, 0.5) is 0 Å². The van der Waals surface area contributed by atoms with Gasteiger partial charge in [-0.05, 0) is 105 Å². The summed E-state index contributed by atoms with van der Waals surface area (Å²) in [6.07, 6.45) is 4.72. The van der Waals surface area contributed by atoms with Gasteiger partial charge in [-0.15, -0.1) is 0 Å². The van der Waals surface area contributed by atoms with E-state index < -0.39 is 5.92 Å². The molecular weight excluding hydrogens is 727 g/mol. The first-order valence-corrected chi connectivity index (χ1v) is 19.2. The molecule has 3 aromatic rings. The fourth-order valence-electron chi connectivity index (χ4n) is 6.27. The van der Waals surface area contributed by atoms with Crippen molar-refractivity contribution in [2.45, 2.75) is 65.0 Å². The largest absolute Gasteiger partial charge is 0.492 e. The van der Waals surface area contributed by atoms with E-state index in [1.165, 1.54) is 0 Å². The summed E-state index contributed by atoms with van der Waals surface area (Å²) in [7, 11) is 1.69. The van der Waals surface area contributed by atoms with E-state index in [4.69, 9.17) is 64.2 Å². The molecule has 12 heteroatoms. The molecule has 0 radical (unpaired) electrons. The highest BCUT2D eigenvalue weighted by Gasteiger charge is 2.45. The Kier molecular flexibility index (Phi) is 14.8. The number of esters is 1. The van der Waals surface area contributed by atoms with E-state index in [1.54, 1.807) is 19.2 Å². The van der Waals surface area contributed by atoms with Gasteiger partial charge in [0.15, 0.2) is 5.75 Å². The molecule has 1 unspecified atom stereocenters. The van der Waals surface area contributed by atoms with Gasteiger partial charge >= 0.3 is 5.97 Å². The number of amides is 1. The van der Waals surface area contributed by atoms with Crippen molar-refractivity contribution >= 4 is 46.7 Å². The number of methoxy groups -OCH3 is 1. The predicted octanol–water partition coefficient (Wildman–Crippen LogP) is 7.88. The molecule has 3 aromatic carbocycles. The molecule has 0 heterocycles. The first kappa shape index (κ1) is 40.0. The minimum atomic E-state index is -0.404. The number of ether oxygens (including phenoxy) is 5. The number of hydrogen-bond acceptors (Lipinski definition) is 8. The monoisotopic (exact) mass is 774 g/mol. The van der Waals surface area contributed by atoms with Gasteiger partial charge in [0, 0.05) is 38.8 Å². The smallest absolute Gasteiger partial charge is 0.309 e. The van der Waals surface area contributed by atoms with E-state index in [0.29, 0.717) is 71.7 Å². The summed E-state index contributed by atoms with van der Waals surface area (Å²) in [6.45, 7) is 6.24. The number of benzene rings is 3. The zero-order chi connectivity index (χ0) is 37.2. The van der Waals surface area contributed by atoms with Crippen LogP contribution in [0, 0.1) is 24.7 Å². The van der Waals surface area contributed by atoms with Crippen LogP contribution in [0.3, 0.4) is 0 Å². The average Bonchev–Trinajstić information content (AvgIpc) is 4.06. The zero-order valence-electron chi connectivity index (χ0n) is 30.1. The molecule has 0 aromatic heterocycles. The van der Waals surface area contributed by atoms with Crippen LogP contribution in [0.15, 0.2) is 48.5 Å². The number of hydrogen-bond donors (Lipinski definition) is 1. The Morgan fingerprint density at radius 3 is 2.31 bits per heavy atom. The van der Waals surface area contributed by atoms with Crippen molar-refractivity contribution in [1.82, 2.24) is 4.90 Å². The molecule has 282 valence electrons. The lowest BCUT2D eigenvalue weighted by molar-refractivity contribution is -0.145. The molecular formula is C40H49Cl3N2O7. The molecule has 2 aliphatic carbocycles. The summed E-state index contributed by atoms with van der Waals surface area (Å²) in [5.41, 5.74) is 10.1. The molecule has 5 rings (SSSR count). The lowest BCUT2D eigenvalue weighted by Gasteiger charge is -2.28. The number of aryl methyl sites for hydroxylation is 2. The standard InChI is InChI=1S/C40H49Cl3N2O7/c1-4-49-40(47)33-21-30(33)24-52-36-20-27(6-5-13-48-3)19-29(37(36)43)23-45(31-9-10-31)39(46)28(22-44)18-26-7-11-32(12-8-26)50-14-15-51-38-34(41)16-25(2)17-35(38)42/h7-8,11-12,16-17,19-20,28,30-31,33H,4-6,9-10,13-15,18,21-24,44H2,1-3H3/t28?,30-,33+/m0/s1. The molecule has 0 aliphatic heterocycles. The van der Waals surface area contributed by atoms with Crippen LogP contribution in [0.25, 0.3) is 0 Å². The molecule has 2 fully saturated rings. The average molecular weight is 776 g/mol. The van der Waals surface area contributed by atoms with Crippen LogP contribution in [-0.4, -0.2) is 69.5 Å². The second kappa shape index (κ2) is 19.2. The third kappa shape index (κ3) is 11.2. The van der Waals surface area contributed by atoms with Crippen LogP contribution in [0.2, 0.25) is 15.1 Å². The lowest BCUT2D eigenvalue weighted by Crippen LogP contribution is -2.41. The van der Waals surface area contributed by atoms with Crippen LogP contribution < -0.4 is 19.9 Å². The molecule has 52 heavy (non-hydrogen) atoms. The molecule has 1 amide bonds. The third-order valence-electron chi connectivity index (χ3n) is 9.34. The Morgan fingerprint density at radius 2 is 1.65 bits per heavy atom. The van der Waals surface area contributed by atoms with Gasteiger partial charge in [-0.1, -0.05) is 53.0 Å². The van der Waals surface area contributed by atoms with Crippen molar-refractivity contribution in [3.63, 3.8) is 0 Å². The maximum Gasteiger partial charge on any atom is 0.309 e. The van der Waals surface area contributed by atoms with E-state index in [2.05, 4.69) is 6.07 Å². The third-order valence-corrected chi connectivity index (χ3v) is 10.3. The van der Waals surface area contributed by atoms with E-state index in [9.17, 15) is 9.59 Å². The Bertz CT molecular complexity index is 1640. The van der Waals surface area contributed by atoms with Crippen molar-refractivity contribution in [2.75, 3.05) is 46.7 Å². The molecule has 0 spiro atoms. The minimum Gasteiger partial charge on any atom is -0.492 e. The van der Waals surface area contributed by atoms with Gasteiger partial charge in [-0.25, -0.2) is 0 Å². The Balaban J connectivity index is 1.20. The van der Waals surface area contributed by atoms with Crippen LogP contribution in [-0.2, 0) is 38.4 Å². The normalized spacial score (nSPS) is 17.0. The zero-order valence-corrected chi connectivity index (χ0v) is 32.4. The molecule has 2 saturated carbocycles. The summed E-state index contributed by atoms with van der Waals surface area (Å²) in [5.74, 6) is 1.08. The number of rotatable bonds is 21. The van der Waals surface area contributed by atoms with Crippen molar-refractivity contribution in [1.29, 1.82) is 0 Å². The quantitative estimate of drug-likeness (QED) is 0.0861. The van der Waals surface area contributed by atoms with E-state index in [1.807, 2.05) is 49.1 Å². The number of nitrogens with two attached hydrogens (primary N) is 1. The van der Waals surface area contributed by atoms with Gasteiger partial charge in [0.2, 0.25) is 5.91 Å². The van der Waals surface area contributed by atoms with Gasteiger partial charge in [-0.2, -0.15) is 0 Å². The molecule has 2 aliphatic rings. The summed E-state index contributed by atoms with van der Waals surface area (Å²) in [6, 6.07) is 15.4. The summed E-state index contributed by atoms with van der Waals surface area (Å²) >= 11 is 19.5. The van der Waals surface area contributed by atoms with Crippen molar-refractivity contribution < 1.29 is 33.3 Å². The van der Waals surface area contributed by atoms with Gasteiger partial charge in [0.1, 0.15) is 24.7 Å². The number of halogens is 3. The highest BCUT2D eigenvalue weighted by molar-refractivity contribution is 6.37. The van der Waals surface area contributed by atoms with Gasteiger partial charge in [-0.3, -0.25) is 9.59 Å². The van der Waals surface area contributed by atoms with E-state index in [-0.39, 0.29) is 42.9 Å². The topological polar surface area (TPSA) is 110 Å². The van der Waals surface area contributed by atoms with Crippen LogP contribution in [0.5, 0.6) is 17.2 Å². The first-order valence-electron chi connectivity index (χ1n) is 18.0. The lowest BCUT2D eigenvalue weighted by atomic mass is 9.97. The summed E-state index contributed by atoms with van der Waals surface area (Å²) < 4.78 is 28.3. The SMILES string of the molecule is CCOC(=O)[C@@H]1C[C@H]1COc1cc(CCCOC)cc(CN(C(=O)C(CN)Cc2ccc(OCCOc3c(Cl)cc(C)cc3Cl)cc2)C2CC2)c1Cl. The fraction of sp³-hybridized carbons (Fsp3) is 0.500. The van der Waals surface area contributed by atoms with Crippen molar-refractivity contribution in [3.05, 3.63) is 85.9 Å². The van der Waals surface area contributed by atoms with Gasteiger partial charge in [0.25, 0.3) is 0 Å². The van der Waals surface area contributed by atoms with Crippen LogP contribution >= 0.6 is 34.8 Å². The van der Waals surface area contributed by atoms with Crippen molar-refractivity contribution in [3.8, 4) is 17.2 Å². The van der Waals surface area contributed by atoms with Crippen molar-refractivity contribution in [2.24, 2.45) is 23.5 Å². The summed E-state index contributed by atoms with van der Waals surface area (Å²) in [5, 5.41) is 1.41. The molecule has 3 atom stereocenters.